The van der Waals surface area contributed by atoms with Crippen molar-refractivity contribution in [2.45, 2.75) is 104 Å². The van der Waals surface area contributed by atoms with E-state index < -0.39 is 0 Å². The minimum Gasteiger partial charge on any atom is -1.00 e. The van der Waals surface area contributed by atoms with Crippen LogP contribution >= 0.6 is 0 Å². The minimum absolute atomic E-state index is 0. The maximum atomic E-state index is 9.16. The van der Waals surface area contributed by atoms with E-state index in [-0.39, 0.29) is 12.4 Å². The number of hydrogen-bond donors (Lipinski definition) is 1. The number of halogens is 1. The highest BCUT2D eigenvalue weighted by Gasteiger charge is 2.25. The first-order valence-corrected chi connectivity index (χ1v) is 10.7. The van der Waals surface area contributed by atoms with Gasteiger partial charge >= 0.3 is 0 Å². The highest BCUT2D eigenvalue weighted by molar-refractivity contribution is 4.52. The number of unbranched alkanes of at least 4 members (excludes halogenated alkanes) is 9. The van der Waals surface area contributed by atoms with Crippen LogP contribution in [-0.4, -0.2) is 42.4 Å². The van der Waals surface area contributed by atoms with Crippen molar-refractivity contribution in [3.8, 4) is 0 Å². The maximum Gasteiger partial charge on any atom is 0.0787 e. The quantitative estimate of drug-likeness (QED) is 0.293. The Morgan fingerprint density at radius 2 is 0.833 bits per heavy atom. The average Bonchev–Trinajstić information content (AvgIpc) is 2.56. The number of nitrogens with zero attached hydrogens (tertiary/aromatic N) is 1. The Kier molecular flexibility index (Phi) is 21.5. The molecule has 24 heavy (non-hydrogen) atoms. The van der Waals surface area contributed by atoms with E-state index in [1.54, 1.807) is 0 Å². The summed E-state index contributed by atoms with van der Waals surface area (Å²) in [6, 6.07) is 0. The Morgan fingerprint density at radius 3 is 1.21 bits per heavy atom. The first-order chi connectivity index (χ1) is 11.2. The number of aliphatic hydroxyl groups is 1. The molecule has 0 aliphatic rings. The molecule has 3 heteroatoms. The van der Waals surface area contributed by atoms with E-state index in [4.69, 9.17) is 5.11 Å². The number of quaternary nitrogens is 1. The molecule has 2 nitrogen and oxygen atoms in total. The molecule has 0 bridgehead atoms. The van der Waals surface area contributed by atoms with Crippen molar-refractivity contribution in [1.82, 2.24) is 0 Å². The van der Waals surface area contributed by atoms with E-state index in [0.717, 1.165) is 6.42 Å². The Labute approximate surface area is 159 Å². The zero-order valence-corrected chi connectivity index (χ0v) is 17.8. The molecule has 0 saturated heterocycles. The molecule has 0 fully saturated rings. The van der Waals surface area contributed by atoms with Crippen molar-refractivity contribution < 1.29 is 22.0 Å². The topological polar surface area (TPSA) is 20.2 Å². The summed E-state index contributed by atoms with van der Waals surface area (Å²) in [6.45, 7) is 12.7. The Bertz CT molecular complexity index is 212. The van der Waals surface area contributed by atoms with Crippen molar-refractivity contribution in [3.63, 3.8) is 0 Å². The van der Waals surface area contributed by atoms with Gasteiger partial charge in [-0.05, 0) is 51.4 Å². The molecule has 0 rings (SSSR count). The maximum absolute atomic E-state index is 9.16. The third-order valence-corrected chi connectivity index (χ3v) is 5.25. The summed E-state index contributed by atoms with van der Waals surface area (Å²) in [5.74, 6) is 0. The molecule has 0 unspecified atom stereocenters. The molecular weight excluding hydrogens is 318 g/mol. The second-order valence-corrected chi connectivity index (χ2v) is 7.50. The number of hydrogen-bond acceptors (Lipinski definition) is 1. The van der Waals surface area contributed by atoms with Gasteiger partial charge in [-0.25, -0.2) is 0 Å². The molecular formula is C21H46ClNO. The van der Waals surface area contributed by atoms with E-state index in [1.165, 1.54) is 108 Å². The SMILES string of the molecule is CCCCCC[N+](CCCCC)(CCCCO)CCCCCC.[Cl-]. The molecule has 0 aromatic heterocycles. The van der Waals surface area contributed by atoms with E-state index in [0.29, 0.717) is 6.61 Å². The van der Waals surface area contributed by atoms with Gasteiger partial charge in [0.1, 0.15) is 0 Å². The van der Waals surface area contributed by atoms with Gasteiger partial charge in [0.05, 0.1) is 26.2 Å². The van der Waals surface area contributed by atoms with Crippen LogP contribution in [0.25, 0.3) is 0 Å². The van der Waals surface area contributed by atoms with Crippen LogP contribution in [-0.2, 0) is 0 Å². The fourth-order valence-corrected chi connectivity index (χ4v) is 3.68. The zero-order valence-electron chi connectivity index (χ0n) is 17.0. The largest absolute Gasteiger partial charge is 1.00 e. The van der Waals surface area contributed by atoms with Gasteiger partial charge in [0.2, 0.25) is 0 Å². The summed E-state index contributed by atoms with van der Waals surface area (Å²) >= 11 is 0. The molecule has 0 aromatic rings. The van der Waals surface area contributed by atoms with Crippen molar-refractivity contribution in [2.75, 3.05) is 32.8 Å². The van der Waals surface area contributed by atoms with E-state index in [1.807, 2.05) is 0 Å². The van der Waals surface area contributed by atoms with Gasteiger partial charge in [0, 0.05) is 6.61 Å². The molecule has 0 saturated carbocycles. The average molecular weight is 364 g/mol. The van der Waals surface area contributed by atoms with Crippen LogP contribution in [0.1, 0.15) is 104 Å². The first-order valence-electron chi connectivity index (χ1n) is 10.7. The van der Waals surface area contributed by atoms with Crippen LogP contribution in [0.4, 0.5) is 0 Å². The van der Waals surface area contributed by atoms with E-state index in [9.17, 15) is 0 Å². The molecule has 0 spiro atoms. The van der Waals surface area contributed by atoms with E-state index >= 15 is 0 Å². The smallest absolute Gasteiger partial charge is 0.0787 e. The van der Waals surface area contributed by atoms with Gasteiger partial charge in [-0.3, -0.25) is 0 Å². The van der Waals surface area contributed by atoms with Crippen molar-refractivity contribution >= 4 is 0 Å². The van der Waals surface area contributed by atoms with Crippen LogP contribution in [0, 0.1) is 0 Å². The summed E-state index contributed by atoms with van der Waals surface area (Å²) in [6.07, 6.45) is 17.3. The molecule has 0 heterocycles. The van der Waals surface area contributed by atoms with Crippen molar-refractivity contribution in [3.05, 3.63) is 0 Å². The lowest BCUT2D eigenvalue weighted by molar-refractivity contribution is -0.929. The van der Waals surface area contributed by atoms with Gasteiger partial charge in [-0.15, -0.1) is 0 Å². The Hall–Kier alpha value is 0.210. The van der Waals surface area contributed by atoms with Gasteiger partial charge < -0.3 is 22.0 Å². The van der Waals surface area contributed by atoms with Crippen molar-refractivity contribution in [1.29, 1.82) is 0 Å². The highest BCUT2D eigenvalue weighted by atomic mass is 35.5. The first kappa shape index (κ1) is 26.4. The molecule has 0 aliphatic carbocycles. The molecule has 0 radical (unpaired) electrons. The molecule has 0 amide bonds. The monoisotopic (exact) mass is 363 g/mol. The normalized spacial score (nSPS) is 11.5. The summed E-state index contributed by atoms with van der Waals surface area (Å²) in [5.41, 5.74) is 0. The van der Waals surface area contributed by atoms with Gasteiger partial charge in [-0.2, -0.15) is 0 Å². The summed E-state index contributed by atoms with van der Waals surface area (Å²) in [4.78, 5) is 0. The predicted molar refractivity (Wildman–Crippen MR) is 104 cm³/mol. The lowest BCUT2D eigenvalue weighted by Gasteiger charge is -2.39. The fourth-order valence-electron chi connectivity index (χ4n) is 3.68. The second-order valence-electron chi connectivity index (χ2n) is 7.50. The molecule has 0 aromatic carbocycles. The fraction of sp³-hybridized carbons (Fsp3) is 1.00. The minimum atomic E-state index is 0. The summed E-state index contributed by atoms with van der Waals surface area (Å²) < 4.78 is 1.34. The predicted octanol–water partition coefficient (Wildman–Crippen LogP) is 2.93. The van der Waals surface area contributed by atoms with Crippen LogP contribution < -0.4 is 12.4 Å². The lowest BCUT2D eigenvalue weighted by Crippen LogP contribution is -3.00. The van der Waals surface area contributed by atoms with Crippen molar-refractivity contribution in [2.24, 2.45) is 0 Å². The Balaban J connectivity index is 0. The third kappa shape index (κ3) is 14.5. The number of aliphatic hydroxyl groups excluding tert-OH is 1. The van der Waals surface area contributed by atoms with Gasteiger partial charge in [-0.1, -0.05) is 52.9 Å². The second kappa shape index (κ2) is 19.5. The van der Waals surface area contributed by atoms with Crippen LogP contribution in [0.15, 0.2) is 0 Å². The molecule has 1 N–H and O–H groups in total. The molecule has 0 aliphatic heterocycles. The van der Waals surface area contributed by atoms with Crippen LogP contribution in [0.3, 0.4) is 0 Å². The lowest BCUT2D eigenvalue weighted by atomic mass is 10.1. The highest BCUT2D eigenvalue weighted by Crippen LogP contribution is 2.18. The van der Waals surface area contributed by atoms with Gasteiger partial charge in [0.25, 0.3) is 0 Å². The van der Waals surface area contributed by atoms with Crippen LogP contribution in [0.2, 0.25) is 0 Å². The van der Waals surface area contributed by atoms with Gasteiger partial charge in [0.15, 0.2) is 0 Å². The standard InChI is InChI=1S/C21H46NO.ClH/c1-4-7-10-13-18-22(17-12-9-6-3,20-15-16-21-23)19-14-11-8-5-2;/h23H,4-21H2,1-3H3;1H/q+1;/p-1. The zero-order chi connectivity index (χ0) is 17.2. The summed E-state index contributed by atoms with van der Waals surface area (Å²) in [5, 5.41) is 9.16. The van der Waals surface area contributed by atoms with Crippen LogP contribution in [0.5, 0.6) is 0 Å². The molecule has 148 valence electrons. The summed E-state index contributed by atoms with van der Waals surface area (Å²) in [7, 11) is 0. The molecule has 0 atom stereocenters. The number of rotatable bonds is 18. The third-order valence-electron chi connectivity index (χ3n) is 5.25. The Morgan fingerprint density at radius 1 is 0.500 bits per heavy atom. The van der Waals surface area contributed by atoms with E-state index in [2.05, 4.69) is 20.8 Å².